The Hall–Kier alpha value is -7.88. The zero-order valence-corrected chi connectivity index (χ0v) is 40.9. The molecule has 10 aromatic carbocycles. The molecule has 1 heterocycles. The van der Waals surface area contributed by atoms with Crippen LogP contribution in [-0.2, 0) is 10.8 Å². The number of aryl methyl sites for hydroxylation is 2. The third-order valence-electron chi connectivity index (χ3n) is 14.0. The lowest BCUT2D eigenvalue weighted by atomic mass is 9.84. The van der Waals surface area contributed by atoms with Gasteiger partial charge in [-0.15, -0.1) is 0 Å². The fourth-order valence-electron chi connectivity index (χ4n) is 10.1. The smallest absolute Gasteiger partial charge is 0.136 e. The van der Waals surface area contributed by atoms with Crippen molar-refractivity contribution in [2.45, 2.75) is 66.2 Å². The zero-order valence-electron chi connectivity index (χ0n) is 40.9. The van der Waals surface area contributed by atoms with Crippen LogP contribution >= 0.6 is 0 Å². The molecule has 11 rings (SSSR count). The van der Waals surface area contributed by atoms with Gasteiger partial charge in [0.1, 0.15) is 11.2 Å². The van der Waals surface area contributed by atoms with Crippen molar-refractivity contribution in [1.29, 1.82) is 0 Å². The summed E-state index contributed by atoms with van der Waals surface area (Å²) < 4.78 is 6.86. The first-order valence-electron chi connectivity index (χ1n) is 24.2. The molecule has 0 spiro atoms. The molecule has 0 bridgehead atoms. The highest BCUT2D eigenvalue weighted by molar-refractivity contribution is 6.14. The standard InChI is InChI=1S/C66H58N2O/c1-43-19-15-17-25-59(43)67(61-33-29-51(65(3,4)5)41-55(61)45-21-11-9-12-22-45)53-31-27-47-37-57-58-38-48-28-32-54(36-50(48)40-64(58)69-63(57)39-49(47)35-53)68(60-26-18-16-20-44(60)2)62-34-30-52(66(6,7)8)42-56(62)46-23-13-10-14-24-46/h9-42H,1-8H3. The second kappa shape index (κ2) is 17.0. The summed E-state index contributed by atoms with van der Waals surface area (Å²) in [6.45, 7) is 18.1. The average molecular weight is 895 g/mol. The van der Waals surface area contributed by atoms with Crippen LogP contribution in [-0.4, -0.2) is 0 Å². The highest BCUT2D eigenvalue weighted by Gasteiger charge is 2.25. The lowest BCUT2D eigenvalue weighted by Crippen LogP contribution is -2.15. The van der Waals surface area contributed by atoms with E-state index in [0.29, 0.717) is 0 Å². The lowest BCUT2D eigenvalue weighted by Gasteiger charge is -2.31. The highest BCUT2D eigenvalue weighted by Crippen LogP contribution is 2.47. The molecule has 0 aliphatic heterocycles. The monoisotopic (exact) mass is 894 g/mol. The third kappa shape index (κ3) is 8.12. The van der Waals surface area contributed by atoms with Gasteiger partial charge in [0, 0.05) is 44.6 Å². The maximum absolute atomic E-state index is 6.86. The molecular formula is C66H58N2O. The summed E-state index contributed by atoms with van der Waals surface area (Å²) in [5.41, 5.74) is 18.3. The number of para-hydroxylation sites is 2. The summed E-state index contributed by atoms with van der Waals surface area (Å²) in [5.74, 6) is 0. The molecule has 3 heteroatoms. The van der Waals surface area contributed by atoms with Gasteiger partial charge in [-0.25, -0.2) is 0 Å². The molecule has 0 N–H and O–H groups in total. The van der Waals surface area contributed by atoms with E-state index in [0.717, 1.165) is 66.8 Å². The number of hydrogen-bond donors (Lipinski definition) is 0. The van der Waals surface area contributed by atoms with Crippen LogP contribution in [0.2, 0.25) is 0 Å². The van der Waals surface area contributed by atoms with E-state index in [2.05, 4.69) is 271 Å². The van der Waals surface area contributed by atoms with Crippen molar-refractivity contribution in [2.75, 3.05) is 9.80 Å². The van der Waals surface area contributed by atoms with E-state index in [9.17, 15) is 0 Å². The van der Waals surface area contributed by atoms with E-state index in [4.69, 9.17) is 4.42 Å². The number of fused-ring (bicyclic) bond motifs is 5. The Bertz CT molecular complexity index is 3470. The van der Waals surface area contributed by atoms with Gasteiger partial charge in [0.05, 0.1) is 11.4 Å². The largest absolute Gasteiger partial charge is 0.456 e. The molecule has 0 aliphatic carbocycles. The van der Waals surface area contributed by atoms with Crippen LogP contribution in [0.4, 0.5) is 34.1 Å². The first-order valence-corrected chi connectivity index (χ1v) is 24.2. The van der Waals surface area contributed by atoms with Crippen molar-refractivity contribution in [3.05, 3.63) is 229 Å². The number of furan rings is 1. The summed E-state index contributed by atoms with van der Waals surface area (Å²) in [7, 11) is 0. The van der Waals surface area contributed by atoms with E-state index < -0.39 is 0 Å². The molecule has 338 valence electrons. The molecule has 3 nitrogen and oxygen atoms in total. The Labute approximate surface area is 406 Å². The normalized spacial score (nSPS) is 12.1. The van der Waals surface area contributed by atoms with Crippen LogP contribution < -0.4 is 9.80 Å². The molecule has 1 aromatic heterocycles. The van der Waals surface area contributed by atoms with E-state index in [1.165, 1.54) is 55.3 Å². The Morgan fingerprint density at radius 1 is 0.333 bits per heavy atom. The maximum Gasteiger partial charge on any atom is 0.136 e. The van der Waals surface area contributed by atoms with Crippen LogP contribution in [0.5, 0.6) is 0 Å². The van der Waals surface area contributed by atoms with Crippen LogP contribution in [0.25, 0.3) is 65.7 Å². The van der Waals surface area contributed by atoms with Gasteiger partial charge in [0.15, 0.2) is 0 Å². The summed E-state index contributed by atoms with van der Waals surface area (Å²) in [5, 5.41) is 6.81. The van der Waals surface area contributed by atoms with E-state index in [1.54, 1.807) is 0 Å². The van der Waals surface area contributed by atoms with Crippen LogP contribution in [0, 0.1) is 13.8 Å². The molecular weight excluding hydrogens is 837 g/mol. The van der Waals surface area contributed by atoms with Gasteiger partial charge in [0.25, 0.3) is 0 Å². The predicted molar refractivity (Wildman–Crippen MR) is 296 cm³/mol. The third-order valence-corrected chi connectivity index (χ3v) is 14.0. The Morgan fingerprint density at radius 2 is 0.725 bits per heavy atom. The van der Waals surface area contributed by atoms with E-state index in [1.807, 2.05) is 0 Å². The van der Waals surface area contributed by atoms with Crippen molar-refractivity contribution in [1.82, 2.24) is 0 Å². The average Bonchev–Trinajstić information content (AvgIpc) is 3.69. The summed E-state index contributed by atoms with van der Waals surface area (Å²) in [4.78, 5) is 4.86. The molecule has 0 saturated heterocycles. The van der Waals surface area contributed by atoms with Gasteiger partial charge in [-0.3, -0.25) is 0 Å². The topological polar surface area (TPSA) is 19.6 Å². The lowest BCUT2D eigenvalue weighted by molar-refractivity contribution is 0.590. The van der Waals surface area contributed by atoms with Crippen molar-refractivity contribution in [2.24, 2.45) is 0 Å². The molecule has 0 radical (unpaired) electrons. The van der Waals surface area contributed by atoms with Gasteiger partial charge in [-0.05, 0) is 165 Å². The minimum Gasteiger partial charge on any atom is -0.456 e. The molecule has 0 fully saturated rings. The number of anilines is 6. The number of benzene rings is 10. The SMILES string of the molecule is Cc1ccccc1N(c1ccc2cc3c(cc2c1)oc1cc2cc(N(c4ccccc4C)c4ccc(C(C)(C)C)cc4-c4ccccc4)ccc2cc13)c1ccc(C(C)(C)C)cc1-c1ccccc1. The van der Waals surface area contributed by atoms with Gasteiger partial charge in [-0.2, -0.15) is 0 Å². The van der Waals surface area contributed by atoms with Crippen LogP contribution in [0.3, 0.4) is 0 Å². The Balaban J connectivity index is 1.04. The zero-order chi connectivity index (χ0) is 47.6. The van der Waals surface area contributed by atoms with Crippen LogP contribution in [0.1, 0.15) is 63.8 Å². The van der Waals surface area contributed by atoms with Gasteiger partial charge < -0.3 is 14.2 Å². The fourth-order valence-corrected chi connectivity index (χ4v) is 10.1. The maximum atomic E-state index is 6.86. The Morgan fingerprint density at radius 3 is 1.12 bits per heavy atom. The van der Waals surface area contributed by atoms with Crippen molar-refractivity contribution < 1.29 is 4.42 Å². The van der Waals surface area contributed by atoms with Crippen LogP contribution in [0.15, 0.2) is 211 Å². The number of rotatable bonds is 8. The molecule has 0 aliphatic rings. The summed E-state index contributed by atoms with van der Waals surface area (Å²) >= 11 is 0. The second-order valence-corrected chi connectivity index (χ2v) is 20.8. The second-order valence-electron chi connectivity index (χ2n) is 20.8. The summed E-state index contributed by atoms with van der Waals surface area (Å²) in [6.07, 6.45) is 0. The Kier molecular flexibility index (Phi) is 10.8. The first-order chi connectivity index (χ1) is 33.3. The predicted octanol–water partition coefficient (Wildman–Crippen LogP) is 19.4. The highest BCUT2D eigenvalue weighted by atomic mass is 16.3. The van der Waals surface area contributed by atoms with E-state index in [-0.39, 0.29) is 10.8 Å². The fraction of sp³-hybridized carbons (Fsp3) is 0.152. The first kappa shape index (κ1) is 43.7. The number of nitrogens with zero attached hydrogens (tertiary/aromatic N) is 2. The quantitative estimate of drug-likeness (QED) is 0.152. The minimum atomic E-state index is -0.00224. The van der Waals surface area contributed by atoms with Crippen molar-refractivity contribution in [3.63, 3.8) is 0 Å². The van der Waals surface area contributed by atoms with Gasteiger partial charge in [0.2, 0.25) is 0 Å². The minimum absolute atomic E-state index is 0.00224. The molecule has 11 aromatic rings. The van der Waals surface area contributed by atoms with Gasteiger partial charge >= 0.3 is 0 Å². The van der Waals surface area contributed by atoms with E-state index >= 15 is 0 Å². The van der Waals surface area contributed by atoms with Crippen molar-refractivity contribution in [3.8, 4) is 22.3 Å². The molecule has 0 atom stereocenters. The van der Waals surface area contributed by atoms with Crippen molar-refractivity contribution >= 4 is 77.6 Å². The van der Waals surface area contributed by atoms with Gasteiger partial charge in [-0.1, -0.05) is 163 Å². The molecule has 69 heavy (non-hydrogen) atoms. The molecule has 0 amide bonds. The molecule has 0 unspecified atom stereocenters. The number of hydrogen-bond acceptors (Lipinski definition) is 3. The molecule has 0 saturated carbocycles. The summed E-state index contributed by atoms with van der Waals surface area (Å²) in [6, 6.07) is 75.7.